The zero-order chi connectivity index (χ0) is 5.98. The van der Waals surface area contributed by atoms with Crippen LogP contribution in [0.4, 0.5) is 5.82 Å². The Labute approximate surface area is 59.1 Å². The van der Waals surface area contributed by atoms with E-state index in [1.165, 1.54) is 6.20 Å². The molecular weight excluding hydrogens is 140 g/mol. The van der Waals surface area contributed by atoms with E-state index in [4.69, 9.17) is 5.73 Å². The van der Waals surface area contributed by atoms with Gasteiger partial charge >= 0.3 is 0 Å². The highest BCUT2D eigenvalue weighted by atomic mass is 35.5. The molecule has 0 aliphatic heterocycles. The summed E-state index contributed by atoms with van der Waals surface area (Å²) in [4.78, 5) is 0. The second-order valence-electron chi connectivity index (χ2n) is 1.45. The third-order valence-electron chi connectivity index (χ3n) is 0.854. The normalized spacial score (nSPS) is 8.00. The Hall–Kier alpha value is -0.960. The molecule has 0 aromatic carbocycles. The Bertz CT molecular complexity index is 171. The van der Waals surface area contributed by atoms with Crippen LogP contribution in [-0.4, -0.2) is 0 Å². The van der Waals surface area contributed by atoms with Crippen molar-refractivity contribution in [2.45, 2.75) is 0 Å². The molecule has 4 heteroatoms. The smallest absolute Gasteiger partial charge is 0.275 e. The first-order valence-electron chi connectivity index (χ1n) is 2.24. The molecule has 2 N–H and O–H groups in total. The fraction of sp³-hybridized carbons (Fsp3) is 0. The van der Waals surface area contributed by atoms with Crippen LogP contribution in [0.3, 0.4) is 0 Å². The first-order valence-corrected chi connectivity index (χ1v) is 2.24. The number of nitrogen functional groups attached to an aromatic ring is 1. The molecule has 9 heavy (non-hydrogen) atoms. The highest BCUT2D eigenvalue weighted by molar-refractivity contribution is 5.85. The van der Waals surface area contributed by atoms with Crippen LogP contribution in [0.15, 0.2) is 24.4 Å². The number of nitrogens with two attached hydrogens (primary N) is 1. The van der Waals surface area contributed by atoms with E-state index < -0.39 is 0 Å². The summed E-state index contributed by atoms with van der Waals surface area (Å²) in [5, 5.41) is 10.4. The average molecular weight is 147 g/mol. The van der Waals surface area contributed by atoms with Crippen molar-refractivity contribution in [2.75, 3.05) is 5.73 Å². The summed E-state index contributed by atoms with van der Waals surface area (Å²) < 4.78 is 0.611. The van der Waals surface area contributed by atoms with Crippen LogP contribution >= 0.6 is 12.4 Å². The number of aromatic nitrogens is 1. The predicted molar refractivity (Wildman–Crippen MR) is 37.1 cm³/mol. The van der Waals surface area contributed by atoms with Gasteiger partial charge in [-0.05, 0) is 6.07 Å². The van der Waals surface area contributed by atoms with E-state index in [9.17, 15) is 5.21 Å². The molecule has 0 spiro atoms. The molecular formula is C5H7ClN2O. The number of anilines is 1. The van der Waals surface area contributed by atoms with Gasteiger partial charge in [-0.2, -0.15) is 0 Å². The molecule has 0 fully saturated rings. The maximum Gasteiger partial charge on any atom is 0.275 e. The molecule has 0 atom stereocenters. The summed E-state index contributed by atoms with van der Waals surface area (Å²) in [5.41, 5.74) is 5.17. The lowest BCUT2D eigenvalue weighted by molar-refractivity contribution is -0.589. The van der Waals surface area contributed by atoms with Crippen molar-refractivity contribution in [3.8, 4) is 0 Å². The minimum atomic E-state index is 0. The summed E-state index contributed by atoms with van der Waals surface area (Å²) >= 11 is 0. The molecule has 0 saturated carbocycles. The van der Waals surface area contributed by atoms with E-state index in [1.54, 1.807) is 18.2 Å². The van der Waals surface area contributed by atoms with Gasteiger partial charge in [0.05, 0.1) is 6.20 Å². The monoisotopic (exact) mass is 146 g/mol. The largest absolute Gasteiger partial charge is 0.711 e. The van der Waals surface area contributed by atoms with Gasteiger partial charge in [0, 0.05) is 6.07 Å². The second kappa shape index (κ2) is 3.14. The van der Waals surface area contributed by atoms with Gasteiger partial charge in [0.1, 0.15) is 0 Å². The molecule has 0 radical (unpaired) electrons. The van der Waals surface area contributed by atoms with Crippen LogP contribution < -0.4 is 10.5 Å². The molecule has 0 aliphatic carbocycles. The van der Waals surface area contributed by atoms with Gasteiger partial charge in [-0.1, -0.05) is 6.07 Å². The maximum absolute atomic E-state index is 10.4. The highest BCUT2D eigenvalue weighted by Gasteiger charge is 1.87. The standard InChI is InChI=1S/C5H6N2O.ClH/c6-5-3-1-2-4-7(5)8;/h1-4H,6H2;1H. The summed E-state index contributed by atoms with van der Waals surface area (Å²) in [6, 6.07) is 4.89. The molecule has 0 amide bonds. The number of pyridine rings is 1. The topological polar surface area (TPSA) is 53.0 Å². The van der Waals surface area contributed by atoms with E-state index >= 15 is 0 Å². The number of rotatable bonds is 0. The SMILES string of the molecule is Cl.Nc1cccc[n+]1[O-]. The molecule has 50 valence electrons. The quantitative estimate of drug-likeness (QED) is 0.424. The molecule has 0 aliphatic rings. The van der Waals surface area contributed by atoms with Gasteiger partial charge in [0.2, 0.25) is 0 Å². The molecule has 1 rings (SSSR count). The summed E-state index contributed by atoms with van der Waals surface area (Å²) in [5.74, 6) is 0.229. The van der Waals surface area contributed by atoms with Crippen molar-refractivity contribution in [3.63, 3.8) is 0 Å². The first kappa shape index (κ1) is 8.04. The van der Waals surface area contributed by atoms with Crippen LogP contribution in [0, 0.1) is 5.21 Å². The zero-order valence-electron chi connectivity index (χ0n) is 4.65. The summed E-state index contributed by atoms with van der Waals surface area (Å²) in [7, 11) is 0. The molecule has 0 saturated heterocycles. The van der Waals surface area contributed by atoms with Gasteiger partial charge in [0.15, 0.2) is 0 Å². The number of nitrogens with zero attached hydrogens (tertiary/aromatic N) is 1. The van der Waals surface area contributed by atoms with Crippen LogP contribution in [-0.2, 0) is 0 Å². The fourth-order valence-electron chi connectivity index (χ4n) is 0.442. The number of hydrogen-bond acceptors (Lipinski definition) is 2. The summed E-state index contributed by atoms with van der Waals surface area (Å²) in [6.45, 7) is 0. The van der Waals surface area contributed by atoms with E-state index in [0.717, 1.165) is 0 Å². The Kier molecular flexibility index (Phi) is 2.81. The minimum absolute atomic E-state index is 0. The molecule has 0 unspecified atom stereocenters. The van der Waals surface area contributed by atoms with Gasteiger partial charge in [-0.25, -0.2) is 4.73 Å². The maximum atomic E-state index is 10.4. The lowest BCUT2D eigenvalue weighted by Crippen LogP contribution is -2.28. The number of halogens is 1. The van der Waals surface area contributed by atoms with Crippen molar-refractivity contribution in [3.05, 3.63) is 29.6 Å². The Balaban J connectivity index is 0.000000640. The van der Waals surface area contributed by atoms with Crippen molar-refractivity contribution in [1.82, 2.24) is 0 Å². The van der Waals surface area contributed by atoms with Gasteiger partial charge in [0.25, 0.3) is 5.82 Å². The predicted octanol–water partition coefficient (Wildman–Crippen LogP) is 0.324. The van der Waals surface area contributed by atoms with Crippen molar-refractivity contribution < 1.29 is 4.73 Å². The average Bonchev–Trinajstić information content (AvgIpc) is 1.77. The van der Waals surface area contributed by atoms with Crippen LogP contribution in [0.1, 0.15) is 0 Å². The molecule has 1 aromatic rings. The van der Waals surface area contributed by atoms with E-state index in [1.807, 2.05) is 0 Å². The zero-order valence-corrected chi connectivity index (χ0v) is 5.47. The lowest BCUT2D eigenvalue weighted by Gasteiger charge is -2.00. The Morgan fingerprint density at radius 1 is 1.44 bits per heavy atom. The van der Waals surface area contributed by atoms with Gasteiger partial charge in [-0.3, -0.25) is 5.73 Å². The molecule has 1 heterocycles. The fourth-order valence-corrected chi connectivity index (χ4v) is 0.442. The third kappa shape index (κ3) is 1.77. The molecule has 1 aromatic heterocycles. The van der Waals surface area contributed by atoms with E-state index in [2.05, 4.69) is 0 Å². The highest BCUT2D eigenvalue weighted by Crippen LogP contribution is 1.87. The van der Waals surface area contributed by atoms with Gasteiger partial charge < -0.3 is 5.21 Å². The second-order valence-corrected chi connectivity index (χ2v) is 1.45. The van der Waals surface area contributed by atoms with Crippen LogP contribution in [0.2, 0.25) is 0 Å². The third-order valence-corrected chi connectivity index (χ3v) is 0.854. The lowest BCUT2D eigenvalue weighted by atomic mass is 10.5. The van der Waals surface area contributed by atoms with Crippen molar-refractivity contribution >= 4 is 18.2 Å². The Morgan fingerprint density at radius 2 is 2.11 bits per heavy atom. The number of hydrogen-bond donors (Lipinski definition) is 1. The molecule has 0 bridgehead atoms. The summed E-state index contributed by atoms with van der Waals surface area (Å²) in [6.07, 6.45) is 1.36. The van der Waals surface area contributed by atoms with E-state index in [-0.39, 0.29) is 18.2 Å². The van der Waals surface area contributed by atoms with Gasteiger partial charge in [-0.15, -0.1) is 12.4 Å². The van der Waals surface area contributed by atoms with E-state index in [0.29, 0.717) is 4.73 Å². The first-order chi connectivity index (χ1) is 3.80. The van der Waals surface area contributed by atoms with Crippen LogP contribution in [0.25, 0.3) is 0 Å². The van der Waals surface area contributed by atoms with Crippen molar-refractivity contribution in [2.24, 2.45) is 0 Å². The van der Waals surface area contributed by atoms with Crippen LogP contribution in [0.5, 0.6) is 0 Å². The molecule has 3 nitrogen and oxygen atoms in total. The van der Waals surface area contributed by atoms with Crippen molar-refractivity contribution in [1.29, 1.82) is 0 Å². The minimum Gasteiger partial charge on any atom is -0.711 e. The Morgan fingerprint density at radius 3 is 2.44 bits per heavy atom.